The molecule has 4 nitrogen and oxygen atoms in total. The van der Waals surface area contributed by atoms with Crippen LogP contribution in [-0.4, -0.2) is 28.9 Å². The van der Waals surface area contributed by atoms with E-state index in [-0.39, 0.29) is 16.4 Å². The van der Waals surface area contributed by atoms with Gasteiger partial charge in [0.2, 0.25) is 0 Å². The summed E-state index contributed by atoms with van der Waals surface area (Å²) in [6, 6.07) is 3.08. The number of anilines is 1. The Bertz CT molecular complexity index is 444. The van der Waals surface area contributed by atoms with Crippen LogP contribution in [0.5, 0.6) is 0 Å². The normalized spacial score (nSPS) is 12.9. The van der Waals surface area contributed by atoms with E-state index in [9.17, 15) is 13.2 Å². The average molecular weight is 266 g/mol. The summed E-state index contributed by atoms with van der Waals surface area (Å²) in [7, 11) is 0. The van der Waals surface area contributed by atoms with Gasteiger partial charge in [-0.1, -0.05) is 11.6 Å². The summed E-state index contributed by atoms with van der Waals surface area (Å²) in [5.41, 5.74) is 0.0886. The lowest BCUT2D eigenvalue weighted by Gasteiger charge is -2.15. The van der Waals surface area contributed by atoms with Crippen LogP contribution in [0, 0.1) is 11.3 Å². The molecule has 0 radical (unpaired) electrons. The molecule has 8 heteroatoms. The van der Waals surface area contributed by atoms with Gasteiger partial charge in [0.25, 0.3) is 0 Å². The lowest BCUT2D eigenvalue weighted by molar-refractivity contribution is -0.198. The van der Waals surface area contributed by atoms with Crippen LogP contribution in [0.4, 0.5) is 19.0 Å². The first kappa shape index (κ1) is 13.5. The highest BCUT2D eigenvalue weighted by Gasteiger charge is 2.38. The highest BCUT2D eigenvalue weighted by atomic mass is 35.5. The maximum absolute atomic E-state index is 12.0. The topological polar surface area (TPSA) is 68.9 Å². The number of alkyl halides is 3. The van der Waals surface area contributed by atoms with Crippen LogP contribution in [-0.2, 0) is 0 Å². The van der Waals surface area contributed by atoms with Crippen molar-refractivity contribution in [1.29, 1.82) is 5.26 Å². The molecular formula is C9H7ClF3N3O. The third kappa shape index (κ3) is 3.47. The molecule has 1 atom stereocenters. The van der Waals surface area contributed by atoms with E-state index in [1.165, 1.54) is 12.3 Å². The SMILES string of the molecule is N#Cc1ccnc(NCC(O)C(F)(F)F)c1Cl. The average Bonchev–Trinajstić information content (AvgIpc) is 2.26. The molecule has 1 aromatic heterocycles. The van der Waals surface area contributed by atoms with Crippen molar-refractivity contribution in [3.8, 4) is 6.07 Å². The van der Waals surface area contributed by atoms with Gasteiger partial charge in [-0.3, -0.25) is 0 Å². The lowest BCUT2D eigenvalue weighted by atomic mass is 10.3. The number of aromatic nitrogens is 1. The number of aliphatic hydroxyl groups is 1. The lowest BCUT2D eigenvalue weighted by Crippen LogP contribution is -2.35. The minimum Gasteiger partial charge on any atom is -0.382 e. The second-order valence-electron chi connectivity index (χ2n) is 3.07. The predicted molar refractivity (Wildman–Crippen MR) is 54.5 cm³/mol. The molecule has 0 amide bonds. The number of hydrogen-bond acceptors (Lipinski definition) is 4. The Morgan fingerprint density at radius 2 is 2.24 bits per heavy atom. The van der Waals surface area contributed by atoms with Crippen molar-refractivity contribution in [2.45, 2.75) is 12.3 Å². The molecule has 0 spiro atoms. The van der Waals surface area contributed by atoms with E-state index in [2.05, 4.69) is 10.3 Å². The zero-order chi connectivity index (χ0) is 13.1. The molecule has 0 saturated carbocycles. The zero-order valence-electron chi connectivity index (χ0n) is 8.29. The first-order valence-corrected chi connectivity index (χ1v) is 4.77. The third-order valence-electron chi connectivity index (χ3n) is 1.85. The molecule has 0 aromatic carbocycles. The first-order valence-electron chi connectivity index (χ1n) is 4.39. The summed E-state index contributed by atoms with van der Waals surface area (Å²) in [6.07, 6.45) is -6.01. The fourth-order valence-electron chi connectivity index (χ4n) is 0.962. The van der Waals surface area contributed by atoms with Crippen LogP contribution in [0.2, 0.25) is 5.02 Å². The van der Waals surface area contributed by atoms with E-state index < -0.39 is 18.8 Å². The number of nitriles is 1. The van der Waals surface area contributed by atoms with Crippen LogP contribution in [0.15, 0.2) is 12.3 Å². The van der Waals surface area contributed by atoms with Crippen molar-refractivity contribution >= 4 is 17.4 Å². The molecule has 2 N–H and O–H groups in total. The van der Waals surface area contributed by atoms with Gasteiger partial charge < -0.3 is 10.4 Å². The zero-order valence-corrected chi connectivity index (χ0v) is 9.05. The van der Waals surface area contributed by atoms with Crippen molar-refractivity contribution in [2.75, 3.05) is 11.9 Å². The number of nitrogens with one attached hydrogen (secondary N) is 1. The van der Waals surface area contributed by atoms with Gasteiger partial charge in [0.1, 0.15) is 16.9 Å². The fraction of sp³-hybridized carbons (Fsp3) is 0.333. The summed E-state index contributed by atoms with van der Waals surface area (Å²) in [6.45, 7) is -0.787. The molecule has 1 heterocycles. The van der Waals surface area contributed by atoms with Crippen LogP contribution >= 0.6 is 11.6 Å². The van der Waals surface area contributed by atoms with Gasteiger partial charge in [-0.2, -0.15) is 18.4 Å². The summed E-state index contributed by atoms with van der Waals surface area (Å²) in [5.74, 6) is -0.0750. The molecule has 1 aromatic rings. The standard InChI is InChI=1S/C9H7ClF3N3O/c10-7-5(3-14)1-2-15-8(7)16-4-6(17)9(11,12)13/h1-2,6,17H,4H2,(H,15,16). The van der Waals surface area contributed by atoms with Crippen LogP contribution < -0.4 is 5.32 Å². The minimum absolute atomic E-state index is 0.0750. The molecule has 17 heavy (non-hydrogen) atoms. The highest BCUT2D eigenvalue weighted by molar-refractivity contribution is 6.34. The second-order valence-corrected chi connectivity index (χ2v) is 3.45. The minimum atomic E-state index is -4.72. The molecule has 0 aliphatic rings. The third-order valence-corrected chi connectivity index (χ3v) is 2.23. The maximum Gasteiger partial charge on any atom is 0.416 e. The van der Waals surface area contributed by atoms with Crippen LogP contribution in [0.1, 0.15) is 5.56 Å². The highest BCUT2D eigenvalue weighted by Crippen LogP contribution is 2.24. The van der Waals surface area contributed by atoms with E-state index >= 15 is 0 Å². The van der Waals surface area contributed by atoms with E-state index in [1.54, 1.807) is 6.07 Å². The molecule has 0 saturated heterocycles. The second kappa shape index (κ2) is 5.21. The van der Waals surface area contributed by atoms with Gasteiger partial charge in [0.15, 0.2) is 6.10 Å². The molecule has 0 aliphatic carbocycles. The molecule has 0 bridgehead atoms. The smallest absolute Gasteiger partial charge is 0.382 e. The van der Waals surface area contributed by atoms with E-state index in [0.29, 0.717) is 0 Å². The molecular weight excluding hydrogens is 259 g/mol. The molecule has 1 rings (SSSR count). The Hall–Kier alpha value is -1.52. The summed E-state index contributed by atoms with van der Waals surface area (Å²) < 4.78 is 36.0. The number of rotatable bonds is 3. The quantitative estimate of drug-likeness (QED) is 0.876. The number of hydrogen-bond donors (Lipinski definition) is 2. The van der Waals surface area contributed by atoms with Crippen molar-refractivity contribution in [3.05, 3.63) is 22.8 Å². The monoisotopic (exact) mass is 265 g/mol. The molecule has 0 aliphatic heterocycles. The van der Waals surface area contributed by atoms with Gasteiger partial charge in [0.05, 0.1) is 12.1 Å². The fourth-order valence-corrected chi connectivity index (χ4v) is 1.18. The van der Waals surface area contributed by atoms with Crippen molar-refractivity contribution < 1.29 is 18.3 Å². The summed E-state index contributed by atoms with van der Waals surface area (Å²) in [4.78, 5) is 3.67. The molecule has 0 fully saturated rings. The first-order chi connectivity index (χ1) is 7.86. The Balaban J connectivity index is 2.74. The Labute approximate surface area is 99.6 Å². The van der Waals surface area contributed by atoms with E-state index in [0.717, 1.165) is 0 Å². The Morgan fingerprint density at radius 3 is 2.76 bits per heavy atom. The molecule has 92 valence electrons. The van der Waals surface area contributed by atoms with Gasteiger partial charge >= 0.3 is 6.18 Å². The van der Waals surface area contributed by atoms with E-state index in [4.69, 9.17) is 22.0 Å². The number of pyridine rings is 1. The number of aliphatic hydroxyl groups excluding tert-OH is 1. The van der Waals surface area contributed by atoms with Crippen molar-refractivity contribution in [1.82, 2.24) is 4.98 Å². The largest absolute Gasteiger partial charge is 0.416 e. The predicted octanol–water partition coefficient (Wildman–Crippen LogP) is 1.94. The van der Waals surface area contributed by atoms with Gasteiger partial charge in [-0.15, -0.1) is 0 Å². The van der Waals surface area contributed by atoms with Crippen LogP contribution in [0.25, 0.3) is 0 Å². The van der Waals surface area contributed by atoms with Gasteiger partial charge in [-0.25, -0.2) is 4.98 Å². The van der Waals surface area contributed by atoms with Crippen molar-refractivity contribution in [3.63, 3.8) is 0 Å². The number of halogens is 4. The number of nitrogens with zero attached hydrogens (tertiary/aromatic N) is 2. The maximum atomic E-state index is 12.0. The van der Waals surface area contributed by atoms with Crippen LogP contribution in [0.3, 0.4) is 0 Å². The van der Waals surface area contributed by atoms with Gasteiger partial charge in [0, 0.05) is 6.20 Å². The van der Waals surface area contributed by atoms with Crippen molar-refractivity contribution in [2.24, 2.45) is 0 Å². The summed E-state index contributed by atoms with van der Waals surface area (Å²) in [5, 5.41) is 19.5. The van der Waals surface area contributed by atoms with E-state index in [1.807, 2.05) is 0 Å². The Morgan fingerprint density at radius 1 is 1.59 bits per heavy atom. The van der Waals surface area contributed by atoms with Gasteiger partial charge in [-0.05, 0) is 6.07 Å². The molecule has 1 unspecified atom stereocenters. The Kier molecular flexibility index (Phi) is 4.15. The summed E-state index contributed by atoms with van der Waals surface area (Å²) >= 11 is 5.70.